The van der Waals surface area contributed by atoms with E-state index in [1.54, 1.807) is 0 Å². The number of urea groups is 1. The number of thioether (sulfide) groups is 1. The zero-order valence-corrected chi connectivity index (χ0v) is 9.90. The molecule has 0 radical (unpaired) electrons. The summed E-state index contributed by atoms with van der Waals surface area (Å²) in [6.07, 6.45) is 1.25. The molecule has 0 saturated carbocycles. The van der Waals surface area contributed by atoms with E-state index in [1.165, 1.54) is 17.9 Å². The lowest BCUT2D eigenvalue weighted by molar-refractivity contribution is 0.202. The van der Waals surface area contributed by atoms with Crippen molar-refractivity contribution < 1.29 is 4.79 Å². The summed E-state index contributed by atoms with van der Waals surface area (Å²) in [6, 6.07) is 0.0897. The summed E-state index contributed by atoms with van der Waals surface area (Å²) < 4.78 is 0. The predicted molar refractivity (Wildman–Crippen MR) is 61.8 cm³/mol. The van der Waals surface area contributed by atoms with Gasteiger partial charge in [-0.05, 0) is 37.7 Å². The van der Waals surface area contributed by atoms with Crippen LogP contribution in [0.2, 0.25) is 0 Å². The highest BCUT2D eigenvalue weighted by molar-refractivity contribution is 7.99. The van der Waals surface area contributed by atoms with Crippen LogP contribution in [0.3, 0.4) is 0 Å². The lowest BCUT2D eigenvalue weighted by atomic mass is 10.1. The molecule has 4 heteroatoms. The van der Waals surface area contributed by atoms with Gasteiger partial charge in [-0.1, -0.05) is 0 Å². The summed E-state index contributed by atoms with van der Waals surface area (Å²) in [7, 11) is 0. The van der Waals surface area contributed by atoms with Gasteiger partial charge in [0.05, 0.1) is 0 Å². The van der Waals surface area contributed by atoms with Crippen LogP contribution >= 0.6 is 11.8 Å². The summed E-state index contributed by atoms with van der Waals surface area (Å²) in [5, 5.41) is 3.00. The van der Waals surface area contributed by atoms with E-state index in [0.717, 1.165) is 19.6 Å². The molecule has 1 rings (SSSR count). The summed E-state index contributed by atoms with van der Waals surface area (Å²) in [5.74, 6) is 3.16. The maximum absolute atomic E-state index is 11.6. The maximum Gasteiger partial charge on any atom is 0.317 e. The number of hydrogen-bond acceptors (Lipinski definition) is 2. The third-order valence-electron chi connectivity index (χ3n) is 2.62. The first kappa shape index (κ1) is 11.7. The van der Waals surface area contributed by atoms with Gasteiger partial charge in [-0.15, -0.1) is 0 Å². The molecule has 1 N–H and O–H groups in total. The number of rotatable bonds is 4. The SMILES string of the molecule is CCN(CC)C(=O)NCC1CCSC1. The Balaban J connectivity index is 2.18. The molecule has 0 bridgehead atoms. The van der Waals surface area contributed by atoms with Crippen LogP contribution in [0.4, 0.5) is 4.79 Å². The van der Waals surface area contributed by atoms with Crippen molar-refractivity contribution in [2.45, 2.75) is 20.3 Å². The molecule has 82 valence electrons. The largest absolute Gasteiger partial charge is 0.338 e. The molecule has 2 amide bonds. The molecule has 0 aromatic heterocycles. The molecule has 1 unspecified atom stereocenters. The smallest absolute Gasteiger partial charge is 0.317 e. The van der Waals surface area contributed by atoms with Gasteiger partial charge in [0.25, 0.3) is 0 Å². The van der Waals surface area contributed by atoms with Crippen LogP contribution in [-0.2, 0) is 0 Å². The van der Waals surface area contributed by atoms with Gasteiger partial charge in [0.15, 0.2) is 0 Å². The Bertz CT molecular complexity index is 177. The number of carbonyl (C=O) groups excluding carboxylic acids is 1. The molecule has 1 fully saturated rings. The fourth-order valence-corrected chi connectivity index (χ4v) is 2.88. The first-order chi connectivity index (χ1) is 6.77. The van der Waals surface area contributed by atoms with Crippen LogP contribution in [-0.4, -0.2) is 42.1 Å². The van der Waals surface area contributed by atoms with Gasteiger partial charge < -0.3 is 10.2 Å². The highest BCUT2D eigenvalue weighted by Crippen LogP contribution is 2.22. The van der Waals surface area contributed by atoms with E-state index in [0.29, 0.717) is 5.92 Å². The van der Waals surface area contributed by atoms with Crippen molar-refractivity contribution in [1.29, 1.82) is 0 Å². The zero-order chi connectivity index (χ0) is 10.4. The molecular formula is C10H20N2OS. The Morgan fingerprint density at radius 3 is 2.71 bits per heavy atom. The first-order valence-electron chi connectivity index (χ1n) is 5.38. The van der Waals surface area contributed by atoms with E-state index >= 15 is 0 Å². The quantitative estimate of drug-likeness (QED) is 0.777. The Morgan fingerprint density at radius 1 is 1.50 bits per heavy atom. The average Bonchev–Trinajstić information content (AvgIpc) is 2.69. The summed E-state index contributed by atoms with van der Waals surface area (Å²) in [4.78, 5) is 13.4. The van der Waals surface area contributed by atoms with Crippen molar-refractivity contribution in [3.63, 3.8) is 0 Å². The molecule has 1 saturated heterocycles. The van der Waals surface area contributed by atoms with Crippen LogP contribution in [0, 0.1) is 5.92 Å². The van der Waals surface area contributed by atoms with Crippen molar-refractivity contribution in [2.24, 2.45) is 5.92 Å². The molecule has 0 aromatic rings. The minimum Gasteiger partial charge on any atom is -0.338 e. The Hall–Kier alpha value is -0.380. The van der Waals surface area contributed by atoms with E-state index < -0.39 is 0 Å². The van der Waals surface area contributed by atoms with Gasteiger partial charge in [-0.25, -0.2) is 4.79 Å². The summed E-state index contributed by atoms with van der Waals surface area (Å²) in [6.45, 7) is 6.45. The second-order valence-electron chi connectivity index (χ2n) is 3.59. The molecule has 1 heterocycles. The van der Waals surface area contributed by atoms with Crippen molar-refractivity contribution in [1.82, 2.24) is 10.2 Å². The van der Waals surface area contributed by atoms with Crippen molar-refractivity contribution in [3.05, 3.63) is 0 Å². The minimum atomic E-state index is 0.0897. The molecule has 1 atom stereocenters. The minimum absolute atomic E-state index is 0.0897. The van der Waals surface area contributed by atoms with Crippen molar-refractivity contribution in [2.75, 3.05) is 31.1 Å². The standard InChI is InChI=1S/C10H20N2OS/c1-3-12(4-2)10(13)11-7-9-5-6-14-8-9/h9H,3-8H2,1-2H3,(H,11,13). The maximum atomic E-state index is 11.6. The third-order valence-corrected chi connectivity index (χ3v) is 3.85. The predicted octanol–water partition coefficient (Wildman–Crippen LogP) is 1.79. The molecule has 3 nitrogen and oxygen atoms in total. The number of nitrogens with one attached hydrogen (secondary N) is 1. The highest BCUT2D eigenvalue weighted by atomic mass is 32.2. The molecule has 1 aliphatic rings. The summed E-state index contributed by atoms with van der Waals surface area (Å²) >= 11 is 1.99. The van der Waals surface area contributed by atoms with Crippen molar-refractivity contribution in [3.8, 4) is 0 Å². The Kier molecular flexibility index (Phi) is 5.15. The van der Waals surface area contributed by atoms with Crippen LogP contribution in [0.5, 0.6) is 0 Å². The fourth-order valence-electron chi connectivity index (χ4n) is 1.60. The van der Waals surface area contributed by atoms with E-state index in [9.17, 15) is 4.79 Å². The number of amides is 2. The number of nitrogens with zero attached hydrogens (tertiary/aromatic N) is 1. The Labute approximate surface area is 90.6 Å². The lowest BCUT2D eigenvalue weighted by Gasteiger charge is -2.20. The first-order valence-corrected chi connectivity index (χ1v) is 6.53. The summed E-state index contributed by atoms with van der Waals surface area (Å²) in [5.41, 5.74) is 0. The molecule has 14 heavy (non-hydrogen) atoms. The molecule has 0 spiro atoms. The van der Waals surface area contributed by atoms with E-state index in [-0.39, 0.29) is 6.03 Å². The van der Waals surface area contributed by atoms with Gasteiger partial charge in [0.1, 0.15) is 0 Å². The van der Waals surface area contributed by atoms with Gasteiger partial charge in [0, 0.05) is 19.6 Å². The fraction of sp³-hybridized carbons (Fsp3) is 0.900. The average molecular weight is 216 g/mol. The van der Waals surface area contributed by atoms with Crippen LogP contribution < -0.4 is 5.32 Å². The van der Waals surface area contributed by atoms with Gasteiger partial charge in [-0.3, -0.25) is 0 Å². The second kappa shape index (κ2) is 6.17. The Morgan fingerprint density at radius 2 is 2.21 bits per heavy atom. The van der Waals surface area contributed by atoms with E-state index in [1.807, 2.05) is 30.5 Å². The molecule has 0 aliphatic carbocycles. The normalized spacial score (nSPS) is 20.9. The lowest BCUT2D eigenvalue weighted by Crippen LogP contribution is -2.41. The monoisotopic (exact) mass is 216 g/mol. The van der Waals surface area contributed by atoms with E-state index in [4.69, 9.17) is 0 Å². The van der Waals surface area contributed by atoms with Crippen LogP contribution in [0.25, 0.3) is 0 Å². The second-order valence-corrected chi connectivity index (χ2v) is 4.74. The van der Waals surface area contributed by atoms with Crippen molar-refractivity contribution >= 4 is 17.8 Å². The van der Waals surface area contributed by atoms with Gasteiger partial charge in [0.2, 0.25) is 0 Å². The number of hydrogen-bond donors (Lipinski definition) is 1. The van der Waals surface area contributed by atoms with E-state index in [2.05, 4.69) is 5.32 Å². The highest BCUT2D eigenvalue weighted by Gasteiger charge is 2.17. The van der Waals surface area contributed by atoms with Gasteiger partial charge in [-0.2, -0.15) is 11.8 Å². The van der Waals surface area contributed by atoms with Crippen LogP contribution in [0.1, 0.15) is 20.3 Å². The third kappa shape index (κ3) is 3.40. The zero-order valence-electron chi connectivity index (χ0n) is 9.08. The molecular weight excluding hydrogens is 196 g/mol. The number of carbonyl (C=O) groups is 1. The van der Waals surface area contributed by atoms with Gasteiger partial charge >= 0.3 is 6.03 Å². The molecule has 0 aromatic carbocycles. The topological polar surface area (TPSA) is 32.3 Å². The van der Waals surface area contributed by atoms with Crippen LogP contribution in [0.15, 0.2) is 0 Å². The molecule has 1 aliphatic heterocycles.